The second-order valence-corrected chi connectivity index (χ2v) is 6.19. The lowest BCUT2D eigenvalue weighted by Gasteiger charge is -2.04. The molecule has 0 saturated carbocycles. The molecule has 0 aliphatic carbocycles. The number of pyridine rings is 1. The molecule has 9 heteroatoms. The van der Waals surface area contributed by atoms with Crippen molar-refractivity contribution in [3.05, 3.63) is 40.2 Å². The monoisotopic (exact) mass is 309 g/mol. The van der Waals surface area contributed by atoms with Crippen LogP contribution in [0.4, 0.5) is 5.82 Å². The van der Waals surface area contributed by atoms with Crippen LogP contribution in [0.2, 0.25) is 0 Å². The van der Waals surface area contributed by atoms with Gasteiger partial charge in [0, 0.05) is 11.6 Å². The SMILES string of the molecule is N#Cc1ccc(NS(=O)(=O)c2csc(C(=O)O)c2)nc1. The number of rotatable bonds is 4. The first-order chi connectivity index (χ1) is 9.42. The van der Waals surface area contributed by atoms with Crippen LogP contribution in [0, 0.1) is 11.3 Å². The number of nitrogens with one attached hydrogen (secondary N) is 1. The Bertz CT molecular complexity index is 788. The van der Waals surface area contributed by atoms with Crippen molar-refractivity contribution in [3.63, 3.8) is 0 Å². The standard InChI is InChI=1S/C11H7N3O4S2/c12-4-7-1-2-10(13-5-7)14-20(17,18)8-3-9(11(15)16)19-6-8/h1-3,5-6H,(H,13,14)(H,15,16). The smallest absolute Gasteiger partial charge is 0.345 e. The molecule has 2 heterocycles. The summed E-state index contributed by atoms with van der Waals surface area (Å²) in [7, 11) is -3.89. The minimum Gasteiger partial charge on any atom is -0.477 e. The highest BCUT2D eigenvalue weighted by atomic mass is 32.2. The second-order valence-electron chi connectivity index (χ2n) is 3.60. The number of hydrogen-bond acceptors (Lipinski definition) is 6. The van der Waals surface area contributed by atoms with Gasteiger partial charge in [-0.05, 0) is 18.2 Å². The molecular formula is C11H7N3O4S2. The summed E-state index contributed by atoms with van der Waals surface area (Å²) in [6.07, 6.45) is 1.23. The van der Waals surface area contributed by atoms with Crippen LogP contribution in [-0.2, 0) is 10.0 Å². The Morgan fingerprint density at radius 1 is 1.45 bits per heavy atom. The van der Waals surface area contributed by atoms with Crippen LogP contribution in [0.5, 0.6) is 0 Å². The van der Waals surface area contributed by atoms with Crippen LogP contribution in [0.15, 0.2) is 34.7 Å². The third kappa shape index (κ3) is 2.93. The average molecular weight is 309 g/mol. The highest BCUT2D eigenvalue weighted by molar-refractivity contribution is 7.92. The number of thiophene rings is 1. The third-order valence-corrected chi connectivity index (χ3v) is 4.63. The molecule has 102 valence electrons. The number of sulfonamides is 1. The number of carbonyl (C=O) groups is 1. The number of carboxylic acids is 1. The topological polar surface area (TPSA) is 120 Å². The summed E-state index contributed by atoms with van der Waals surface area (Å²) in [6.45, 7) is 0. The van der Waals surface area contributed by atoms with Gasteiger partial charge in [-0.25, -0.2) is 18.2 Å². The van der Waals surface area contributed by atoms with Crippen LogP contribution in [0.3, 0.4) is 0 Å². The summed E-state index contributed by atoms with van der Waals surface area (Å²) in [4.78, 5) is 14.3. The van der Waals surface area contributed by atoms with E-state index in [0.29, 0.717) is 5.56 Å². The van der Waals surface area contributed by atoms with Crippen LogP contribution in [0.25, 0.3) is 0 Å². The van der Waals surface area contributed by atoms with Crippen molar-refractivity contribution in [2.24, 2.45) is 0 Å². The van der Waals surface area contributed by atoms with E-state index in [2.05, 4.69) is 9.71 Å². The molecule has 2 aromatic heterocycles. The summed E-state index contributed by atoms with van der Waals surface area (Å²) in [5.41, 5.74) is 0.302. The van der Waals surface area contributed by atoms with E-state index >= 15 is 0 Å². The van der Waals surface area contributed by atoms with Gasteiger partial charge in [0.1, 0.15) is 16.8 Å². The van der Waals surface area contributed by atoms with Gasteiger partial charge in [0.25, 0.3) is 10.0 Å². The molecule has 7 nitrogen and oxygen atoms in total. The molecule has 0 bridgehead atoms. The van der Waals surface area contributed by atoms with Crippen LogP contribution >= 0.6 is 11.3 Å². The van der Waals surface area contributed by atoms with Crippen molar-refractivity contribution in [2.45, 2.75) is 4.90 Å². The van der Waals surface area contributed by atoms with E-state index in [4.69, 9.17) is 10.4 Å². The van der Waals surface area contributed by atoms with Crippen LogP contribution in [0.1, 0.15) is 15.2 Å². The number of nitrogens with zero attached hydrogens (tertiary/aromatic N) is 2. The minimum atomic E-state index is -3.89. The third-order valence-electron chi connectivity index (χ3n) is 2.23. The number of hydrogen-bond donors (Lipinski definition) is 2. The van der Waals surface area contributed by atoms with Gasteiger partial charge in [-0.2, -0.15) is 5.26 Å². The van der Waals surface area contributed by atoms with E-state index in [0.717, 1.165) is 17.4 Å². The molecule has 0 fully saturated rings. The zero-order valence-corrected chi connectivity index (χ0v) is 11.4. The minimum absolute atomic E-state index is 0.0482. The first kappa shape index (κ1) is 14.0. The van der Waals surface area contributed by atoms with E-state index < -0.39 is 16.0 Å². The molecular weight excluding hydrogens is 302 g/mol. The number of anilines is 1. The van der Waals surface area contributed by atoms with Gasteiger partial charge < -0.3 is 5.11 Å². The Labute approximate surface area is 118 Å². The molecule has 0 amide bonds. The van der Waals surface area contributed by atoms with E-state index in [1.807, 2.05) is 6.07 Å². The van der Waals surface area contributed by atoms with Gasteiger partial charge in [-0.3, -0.25) is 4.72 Å². The Balaban J connectivity index is 2.25. The van der Waals surface area contributed by atoms with Gasteiger partial charge in [-0.15, -0.1) is 11.3 Å². The number of aromatic nitrogens is 1. The van der Waals surface area contributed by atoms with Gasteiger partial charge in [0.2, 0.25) is 0 Å². The van der Waals surface area contributed by atoms with E-state index in [9.17, 15) is 13.2 Å². The molecule has 0 unspecified atom stereocenters. The first-order valence-corrected chi connectivity index (χ1v) is 7.49. The number of carboxylic acid groups (broad SMARTS) is 1. The van der Waals surface area contributed by atoms with Crippen LogP contribution in [-0.4, -0.2) is 24.5 Å². The lowest BCUT2D eigenvalue weighted by molar-refractivity contribution is 0.0702. The largest absolute Gasteiger partial charge is 0.477 e. The normalized spacial score (nSPS) is 10.8. The zero-order chi connectivity index (χ0) is 14.8. The second kappa shape index (κ2) is 5.28. The van der Waals surface area contributed by atoms with Crippen molar-refractivity contribution in [2.75, 3.05) is 4.72 Å². The molecule has 2 aromatic rings. The predicted molar refractivity (Wildman–Crippen MR) is 71.0 cm³/mol. The fraction of sp³-hybridized carbons (Fsp3) is 0. The maximum atomic E-state index is 12.0. The van der Waals surface area contributed by atoms with Crippen molar-refractivity contribution in [1.29, 1.82) is 5.26 Å². The fourth-order valence-electron chi connectivity index (χ4n) is 1.29. The first-order valence-electron chi connectivity index (χ1n) is 5.13. The molecule has 2 N–H and O–H groups in total. The van der Waals surface area contributed by atoms with Gasteiger partial charge in [0.05, 0.1) is 10.5 Å². The van der Waals surface area contributed by atoms with Crippen LogP contribution < -0.4 is 4.72 Å². The maximum absolute atomic E-state index is 12.0. The predicted octanol–water partition coefficient (Wildman–Crippen LogP) is 1.51. The van der Waals surface area contributed by atoms with Crippen molar-refractivity contribution >= 4 is 33.1 Å². The van der Waals surface area contributed by atoms with Crippen molar-refractivity contribution < 1.29 is 18.3 Å². The molecule has 0 saturated heterocycles. The molecule has 0 atom stereocenters. The Hall–Kier alpha value is -2.44. The van der Waals surface area contributed by atoms with Crippen molar-refractivity contribution in [1.82, 2.24) is 4.98 Å². The van der Waals surface area contributed by atoms with E-state index in [1.165, 1.54) is 23.7 Å². The summed E-state index contributed by atoms with van der Waals surface area (Å²) < 4.78 is 26.2. The summed E-state index contributed by atoms with van der Waals surface area (Å²) in [5, 5.41) is 18.6. The summed E-state index contributed by atoms with van der Waals surface area (Å²) in [6, 6.07) is 5.70. The maximum Gasteiger partial charge on any atom is 0.345 e. The highest BCUT2D eigenvalue weighted by Crippen LogP contribution is 2.21. The van der Waals surface area contributed by atoms with E-state index in [1.54, 1.807) is 0 Å². The van der Waals surface area contributed by atoms with Gasteiger partial charge in [0.15, 0.2) is 0 Å². The van der Waals surface area contributed by atoms with Gasteiger partial charge in [-0.1, -0.05) is 0 Å². The molecule has 0 radical (unpaired) electrons. The Morgan fingerprint density at radius 2 is 2.20 bits per heavy atom. The zero-order valence-electron chi connectivity index (χ0n) is 9.77. The molecule has 2 rings (SSSR count). The van der Waals surface area contributed by atoms with E-state index in [-0.39, 0.29) is 15.6 Å². The average Bonchev–Trinajstić information content (AvgIpc) is 2.90. The summed E-state index contributed by atoms with van der Waals surface area (Å²) >= 11 is 0.819. The molecule has 20 heavy (non-hydrogen) atoms. The molecule has 0 spiro atoms. The summed E-state index contributed by atoms with van der Waals surface area (Å²) in [5.74, 6) is -1.14. The molecule has 0 aliphatic heterocycles. The number of nitriles is 1. The lowest BCUT2D eigenvalue weighted by atomic mass is 10.3. The molecule has 0 aliphatic rings. The highest BCUT2D eigenvalue weighted by Gasteiger charge is 2.19. The van der Waals surface area contributed by atoms with Gasteiger partial charge >= 0.3 is 5.97 Å². The molecule has 0 aromatic carbocycles. The quantitative estimate of drug-likeness (QED) is 0.883. The Morgan fingerprint density at radius 3 is 2.70 bits per heavy atom. The number of aromatic carboxylic acids is 1. The Kier molecular flexibility index (Phi) is 3.69. The van der Waals surface area contributed by atoms with Crippen molar-refractivity contribution in [3.8, 4) is 6.07 Å². The fourth-order valence-corrected chi connectivity index (χ4v) is 3.41. The lowest BCUT2D eigenvalue weighted by Crippen LogP contribution is -2.13.